The minimum Gasteiger partial charge on any atom is -0.494 e. The van der Waals surface area contributed by atoms with Crippen molar-refractivity contribution in [2.24, 2.45) is 5.92 Å². The number of nitrogens with one attached hydrogen (secondary N) is 1. The second-order valence-corrected chi connectivity index (χ2v) is 5.81. The van der Waals surface area contributed by atoms with Gasteiger partial charge in [-0.3, -0.25) is 4.79 Å². The van der Waals surface area contributed by atoms with Crippen LogP contribution in [0.4, 0.5) is 5.69 Å². The summed E-state index contributed by atoms with van der Waals surface area (Å²) >= 11 is 0. The smallest absolute Gasteiger partial charge is 0.228 e. The third-order valence-corrected chi connectivity index (χ3v) is 4.07. The lowest BCUT2D eigenvalue weighted by Crippen LogP contribution is -2.14. The van der Waals surface area contributed by atoms with E-state index in [0.717, 1.165) is 17.9 Å². The Morgan fingerprint density at radius 1 is 1.14 bits per heavy atom. The maximum atomic E-state index is 12.3. The van der Waals surface area contributed by atoms with Gasteiger partial charge < -0.3 is 10.1 Å². The van der Waals surface area contributed by atoms with Crippen LogP contribution in [0.1, 0.15) is 30.4 Å². The molecule has 3 nitrogen and oxygen atoms in total. The molecule has 1 amide bonds. The molecular weight excluding hydrogens is 274 g/mol. The van der Waals surface area contributed by atoms with Gasteiger partial charge >= 0.3 is 0 Å². The number of carbonyl (C=O) groups excluding carboxylic acids is 1. The Labute approximate surface area is 131 Å². The van der Waals surface area contributed by atoms with Gasteiger partial charge in [0.15, 0.2) is 0 Å². The molecule has 1 saturated carbocycles. The molecule has 0 saturated heterocycles. The third kappa shape index (κ3) is 3.30. The van der Waals surface area contributed by atoms with Gasteiger partial charge in [0.1, 0.15) is 5.75 Å². The van der Waals surface area contributed by atoms with Crippen molar-refractivity contribution in [3.05, 3.63) is 59.7 Å². The molecule has 3 heteroatoms. The lowest BCUT2D eigenvalue weighted by molar-refractivity contribution is -0.117. The fraction of sp³-hybridized carbons (Fsp3) is 0.316. The largest absolute Gasteiger partial charge is 0.494 e. The van der Waals surface area contributed by atoms with E-state index < -0.39 is 0 Å². The molecule has 0 heterocycles. The SMILES string of the molecule is CCOc1ccc(C2CC2C(=O)Nc2ccc(C)cc2)cc1. The molecular formula is C19H21NO2. The zero-order valence-electron chi connectivity index (χ0n) is 13.0. The fourth-order valence-corrected chi connectivity index (χ4v) is 2.70. The van der Waals surface area contributed by atoms with Crippen LogP contribution < -0.4 is 10.1 Å². The van der Waals surface area contributed by atoms with E-state index in [0.29, 0.717) is 12.5 Å². The first kappa shape index (κ1) is 14.6. The van der Waals surface area contributed by atoms with Gasteiger partial charge in [0, 0.05) is 11.6 Å². The summed E-state index contributed by atoms with van der Waals surface area (Å²) in [5.41, 5.74) is 3.28. The first-order valence-electron chi connectivity index (χ1n) is 7.77. The molecule has 1 aliphatic rings. The number of anilines is 1. The molecule has 22 heavy (non-hydrogen) atoms. The van der Waals surface area contributed by atoms with Crippen molar-refractivity contribution in [2.75, 3.05) is 11.9 Å². The number of aryl methyl sites for hydroxylation is 1. The standard InChI is InChI=1S/C19H21NO2/c1-3-22-16-10-6-14(7-11-16)17-12-18(17)19(21)20-15-8-4-13(2)5-9-15/h4-11,17-18H,3,12H2,1-2H3,(H,20,21). The van der Waals surface area contributed by atoms with E-state index in [1.165, 1.54) is 11.1 Å². The average molecular weight is 295 g/mol. The second kappa shape index (κ2) is 6.22. The van der Waals surface area contributed by atoms with Crippen LogP contribution in [0.5, 0.6) is 5.75 Å². The summed E-state index contributed by atoms with van der Waals surface area (Å²) in [7, 11) is 0. The molecule has 2 aromatic rings. The Morgan fingerprint density at radius 2 is 1.82 bits per heavy atom. The number of amides is 1. The van der Waals surface area contributed by atoms with E-state index in [-0.39, 0.29) is 11.8 Å². The highest BCUT2D eigenvalue weighted by atomic mass is 16.5. The van der Waals surface area contributed by atoms with Crippen LogP contribution in [0.2, 0.25) is 0 Å². The minimum atomic E-state index is 0.0826. The van der Waals surface area contributed by atoms with Gasteiger partial charge in [-0.1, -0.05) is 29.8 Å². The fourth-order valence-electron chi connectivity index (χ4n) is 2.70. The quantitative estimate of drug-likeness (QED) is 0.900. The van der Waals surface area contributed by atoms with Crippen LogP contribution >= 0.6 is 0 Å². The van der Waals surface area contributed by atoms with Crippen molar-refractivity contribution in [3.63, 3.8) is 0 Å². The number of rotatable bonds is 5. The van der Waals surface area contributed by atoms with Crippen molar-refractivity contribution >= 4 is 11.6 Å². The predicted octanol–water partition coefficient (Wildman–Crippen LogP) is 4.14. The number of benzene rings is 2. The van der Waals surface area contributed by atoms with Crippen molar-refractivity contribution in [2.45, 2.75) is 26.2 Å². The van der Waals surface area contributed by atoms with E-state index in [2.05, 4.69) is 17.4 Å². The maximum Gasteiger partial charge on any atom is 0.228 e. The third-order valence-electron chi connectivity index (χ3n) is 4.07. The van der Waals surface area contributed by atoms with Gasteiger partial charge in [0.2, 0.25) is 5.91 Å². The maximum absolute atomic E-state index is 12.3. The molecule has 0 spiro atoms. The average Bonchev–Trinajstić information content (AvgIpc) is 3.31. The molecule has 3 rings (SSSR count). The summed E-state index contributed by atoms with van der Waals surface area (Å²) in [4.78, 5) is 12.3. The normalized spacial score (nSPS) is 19.5. The van der Waals surface area contributed by atoms with Crippen molar-refractivity contribution < 1.29 is 9.53 Å². The molecule has 2 aromatic carbocycles. The Bertz CT molecular complexity index is 646. The molecule has 0 aromatic heterocycles. The van der Waals surface area contributed by atoms with Gasteiger partial charge in [0.25, 0.3) is 0 Å². The molecule has 1 aliphatic carbocycles. The highest BCUT2D eigenvalue weighted by molar-refractivity contribution is 5.95. The van der Waals surface area contributed by atoms with Crippen molar-refractivity contribution in [3.8, 4) is 5.75 Å². The Balaban J connectivity index is 1.59. The molecule has 1 fully saturated rings. The van der Waals surface area contributed by atoms with Crippen LogP contribution in [-0.4, -0.2) is 12.5 Å². The van der Waals surface area contributed by atoms with Crippen LogP contribution in [0.15, 0.2) is 48.5 Å². The molecule has 2 unspecified atom stereocenters. The van der Waals surface area contributed by atoms with Crippen LogP contribution in [0, 0.1) is 12.8 Å². The molecule has 1 N–H and O–H groups in total. The molecule has 0 radical (unpaired) electrons. The van der Waals surface area contributed by atoms with Crippen molar-refractivity contribution in [1.29, 1.82) is 0 Å². The summed E-state index contributed by atoms with van der Waals surface area (Å²) in [6.07, 6.45) is 0.922. The van der Waals surface area contributed by atoms with E-state index in [9.17, 15) is 4.79 Å². The highest BCUT2D eigenvalue weighted by Crippen LogP contribution is 2.48. The predicted molar refractivity (Wildman–Crippen MR) is 88.3 cm³/mol. The van der Waals surface area contributed by atoms with Gasteiger partial charge in [0.05, 0.1) is 6.61 Å². The van der Waals surface area contributed by atoms with Crippen LogP contribution in [0.25, 0.3) is 0 Å². The number of hydrogen-bond acceptors (Lipinski definition) is 2. The Kier molecular flexibility index (Phi) is 4.14. The number of ether oxygens (including phenoxy) is 1. The number of hydrogen-bond donors (Lipinski definition) is 1. The van der Waals surface area contributed by atoms with Gasteiger partial charge in [-0.05, 0) is 56.0 Å². The molecule has 2 atom stereocenters. The van der Waals surface area contributed by atoms with E-state index in [1.807, 2.05) is 50.2 Å². The lowest BCUT2D eigenvalue weighted by atomic mass is 10.1. The molecule has 114 valence electrons. The topological polar surface area (TPSA) is 38.3 Å². The first-order chi connectivity index (χ1) is 10.7. The Hall–Kier alpha value is -2.29. The molecule has 0 aliphatic heterocycles. The van der Waals surface area contributed by atoms with Crippen LogP contribution in [-0.2, 0) is 4.79 Å². The monoisotopic (exact) mass is 295 g/mol. The highest BCUT2D eigenvalue weighted by Gasteiger charge is 2.43. The minimum absolute atomic E-state index is 0.0826. The second-order valence-electron chi connectivity index (χ2n) is 5.81. The van der Waals surface area contributed by atoms with E-state index in [4.69, 9.17) is 4.74 Å². The zero-order chi connectivity index (χ0) is 15.5. The van der Waals surface area contributed by atoms with Gasteiger partial charge in [-0.2, -0.15) is 0 Å². The summed E-state index contributed by atoms with van der Waals surface area (Å²) in [6, 6.07) is 16.0. The summed E-state index contributed by atoms with van der Waals surface area (Å²) < 4.78 is 5.44. The van der Waals surface area contributed by atoms with Gasteiger partial charge in [-0.25, -0.2) is 0 Å². The van der Waals surface area contributed by atoms with E-state index in [1.54, 1.807) is 0 Å². The molecule has 0 bridgehead atoms. The Morgan fingerprint density at radius 3 is 2.45 bits per heavy atom. The zero-order valence-corrected chi connectivity index (χ0v) is 13.0. The first-order valence-corrected chi connectivity index (χ1v) is 7.77. The van der Waals surface area contributed by atoms with Crippen LogP contribution in [0.3, 0.4) is 0 Å². The lowest BCUT2D eigenvalue weighted by Gasteiger charge is -2.06. The summed E-state index contributed by atoms with van der Waals surface area (Å²) in [6.45, 7) is 4.68. The summed E-state index contributed by atoms with van der Waals surface area (Å²) in [5.74, 6) is 1.41. The van der Waals surface area contributed by atoms with E-state index >= 15 is 0 Å². The van der Waals surface area contributed by atoms with Crippen molar-refractivity contribution in [1.82, 2.24) is 0 Å². The van der Waals surface area contributed by atoms with Gasteiger partial charge in [-0.15, -0.1) is 0 Å². The number of carbonyl (C=O) groups is 1. The summed E-state index contributed by atoms with van der Waals surface area (Å²) in [5, 5.41) is 3.00.